The second kappa shape index (κ2) is 5.31. The third-order valence-corrected chi connectivity index (χ3v) is 3.11. The molecule has 0 radical (unpaired) electrons. The van der Waals surface area contributed by atoms with Crippen LogP contribution in [0, 0.1) is 0 Å². The van der Waals surface area contributed by atoms with Gasteiger partial charge >= 0.3 is 0 Å². The van der Waals surface area contributed by atoms with E-state index in [9.17, 15) is 0 Å². The van der Waals surface area contributed by atoms with Gasteiger partial charge in [-0.15, -0.1) is 0 Å². The number of nitrogens with one attached hydrogen (secondary N) is 1. The van der Waals surface area contributed by atoms with Crippen LogP contribution in [-0.4, -0.2) is 41.3 Å². The molecule has 1 aliphatic rings. The molecule has 0 amide bonds. The summed E-state index contributed by atoms with van der Waals surface area (Å²) in [4.78, 5) is 10.9. The summed E-state index contributed by atoms with van der Waals surface area (Å²) >= 11 is 0. The summed E-state index contributed by atoms with van der Waals surface area (Å²) in [6, 6.07) is 0.548. The van der Waals surface area contributed by atoms with Gasteiger partial charge in [0, 0.05) is 25.2 Å². The highest BCUT2D eigenvalue weighted by atomic mass is 16.3. The molecule has 5 heteroatoms. The highest BCUT2D eigenvalue weighted by Gasteiger charge is 2.31. The third-order valence-electron chi connectivity index (χ3n) is 3.11. The fraction of sp³-hybridized carbons (Fsp3) is 0.667. The lowest BCUT2D eigenvalue weighted by molar-refractivity contribution is 0.301. The largest absolute Gasteiger partial charge is 0.395 e. The van der Waals surface area contributed by atoms with Crippen LogP contribution in [0.5, 0.6) is 0 Å². The van der Waals surface area contributed by atoms with Gasteiger partial charge in [-0.3, -0.25) is 0 Å². The zero-order valence-electron chi connectivity index (χ0n) is 10.5. The van der Waals surface area contributed by atoms with E-state index >= 15 is 0 Å². The molecule has 0 bridgehead atoms. The van der Waals surface area contributed by atoms with Crippen molar-refractivity contribution in [2.24, 2.45) is 0 Å². The second-order valence-corrected chi connectivity index (χ2v) is 4.28. The first kappa shape index (κ1) is 12.1. The summed E-state index contributed by atoms with van der Waals surface area (Å²) in [5.41, 5.74) is 1.13. The molecule has 0 spiro atoms. The Bertz CT molecular complexity index is 379. The van der Waals surface area contributed by atoms with Gasteiger partial charge in [0.2, 0.25) is 0 Å². The predicted octanol–water partition coefficient (Wildman–Crippen LogP) is 1.04. The van der Waals surface area contributed by atoms with Crippen LogP contribution in [0.15, 0.2) is 6.33 Å². The van der Waals surface area contributed by atoms with Crippen LogP contribution in [0.4, 0.5) is 11.6 Å². The number of nitrogens with zero attached hydrogens (tertiary/aromatic N) is 3. The van der Waals surface area contributed by atoms with Crippen molar-refractivity contribution < 1.29 is 5.11 Å². The standard InChI is InChI=1S/C12H20N4O/c1-3-10-11(13-2)14-8-15-12(10)16(6-7-17)9-4-5-9/h8-9,17H,3-7H2,1-2H3,(H,13,14,15). The molecule has 0 aliphatic heterocycles. The molecule has 1 heterocycles. The Morgan fingerprint density at radius 1 is 1.47 bits per heavy atom. The Hall–Kier alpha value is -1.36. The van der Waals surface area contributed by atoms with Crippen molar-refractivity contribution in [1.29, 1.82) is 0 Å². The lowest BCUT2D eigenvalue weighted by Gasteiger charge is -2.25. The Morgan fingerprint density at radius 3 is 2.76 bits per heavy atom. The van der Waals surface area contributed by atoms with Gasteiger partial charge in [0.1, 0.15) is 18.0 Å². The van der Waals surface area contributed by atoms with Crippen molar-refractivity contribution in [1.82, 2.24) is 9.97 Å². The minimum absolute atomic E-state index is 0.165. The summed E-state index contributed by atoms with van der Waals surface area (Å²) in [5, 5.41) is 12.3. The van der Waals surface area contributed by atoms with Crippen LogP contribution in [-0.2, 0) is 6.42 Å². The number of aliphatic hydroxyl groups is 1. The minimum atomic E-state index is 0.165. The number of hydrogen-bond donors (Lipinski definition) is 2. The van der Waals surface area contributed by atoms with Gasteiger partial charge in [-0.1, -0.05) is 6.92 Å². The van der Waals surface area contributed by atoms with Crippen molar-refractivity contribution in [3.63, 3.8) is 0 Å². The zero-order chi connectivity index (χ0) is 12.3. The summed E-state index contributed by atoms with van der Waals surface area (Å²) in [6.07, 6.45) is 4.87. The van der Waals surface area contributed by atoms with Gasteiger partial charge in [-0.25, -0.2) is 9.97 Å². The summed E-state index contributed by atoms with van der Waals surface area (Å²) in [6.45, 7) is 2.92. The number of aromatic nitrogens is 2. The summed E-state index contributed by atoms with van der Waals surface area (Å²) < 4.78 is 0. The highest BCUT2D eigenvalue weighted by Crippen LogP contribution is 2.33. The Balaban J connectivity index is 2.34. The van der Waals surface area contributed by atoms with Crippen molar-refractivity contribution in [3.8, 4) is 0 Å². The van der Waals surface area contributed by atoms with Gasteiger partial charge in [-0.2, -0.15) is 0 Å². The number of rotatable bonds is 6. The normalized spacial score (nSPS) is 14.8. The van der Waals surface area contributed by atoms with Gasteiger partial charge in [-0.05, 0) is 19.3 Å². The van der Waals surface area contributed by atoms with E-state index in [1.165, 1.54) is 12.8 Å². The summed E-state index contributed by atoms with van der Waals surface area (Å²) in [5.74, 6) is 1.87. The molecule has 1 aromatic rings. The maximum Gasteiger partial charge on any atom is 0.137 e. The quantitative estimate of drug-likeness (QED) is 0.773. The van der Waals surface area contributed by atoms with Crippen LogP contribution < -0.4 is 10.2 Å². The van der Waals surface area contributed by atoms with E-state index in [0.29, 0.717) is 12.6 Å². The van der Waals surface area contributed by atoms with E-state index < -0.39 is 0 Å². The number of aliphatic hydroxyl groups excluding tert-OH is 1. The fourth-order valence-electron chi connectivity index (χ4n) is 2.15. The monoisotopic (exact) mass is 236 g/mol. The average molecular weight is 236 g/mol. The Kier molecular flexibility index (Phi) is 3.78. The Morgan fingerprint density at radius 2 is 2.24 bits per heavy atom. The maximum absolute atomic E-state index is 9.16. The number of hydrogen-bond acceptors (Lipinski definition) is 5. The molecule has 94 valence electrons. The van der Waals surface area contributed by atoms with Crippen molar-refractivity contribution in [2.75, 3.05) is 30.4 Å². The topological polar surface area (TPSA) is 61.3 Å². The second-order valence-electron chi connectivity index (χ2n) is 4.28. The SMILES string of the molecule is CCc1c(NC)ncnc1N(CCO)C1CC1. The highest BCUT2D eigenvalue weighted by molar-refractivity contribution is 5.59. The summed E-state index contributed by atoms with van der Waals surface area (Å²) in [7, 11) is 1.87. The first-order valence-corrected chi connectivity index (χ1v) is 6.21. The maximum atomic E-state index is 9.16. The van der Waals surface area contributed by atoms with Crippen LogP contribution in [0.3, 0.4) is 0 Å². The molecule has 1 saturated carbocycles. The first-order valence-electron chi connectivity index (χ1n) is 6.21. The number of anilines is 2. The van der Waals surface area contributed by atoms with Crippen molar-refractivity contribution in [3.05, 3.63) is 11.9 Å². The van der Waals surface area contributed by atoms with Gasteiger partial charge in [0.05, 0.1) is 6.61 Å². The first-order chi connectivity index (χ1) is 8.31. The molecule has 17 heavy (non-hydrogen) atoms. The molecular formula is C12H20N4O. The van der Waals surface area contributed by atoms with Crippen molar-refractivity contribution >= 4 is 11.6 Å². The van der Waals surface area contributed by atoms with Gasteiger partial charge in [0.25, 0.3) is 0 Å². The van der Waals surface area contributed by atoms with Crippen molar-refractivity contribution in [2.45, 2.75) is 32.2 Å². The zero-order valence-corrected chi connectivity index (χ0v) is 10.5. The molecule has 1 aromatic heterocycles. The molecule has 1 aliphatic carbocycles. The van der Waals surface area contributed by atoms with Gasteiger partial charge < -0.3 is 15.3 Å². The van der Waals surface area contributed by atoms with E-state index in [2.05, 4.69) is 27.1 Å². The molecule has 0 unspecified atom stereocenters. The smallest absolute Gasteiger partial charge is 0.137 e. The van der Waals surface area contributed by atoms with Crippen LogP contribution in [0.25, 0.3) is 0 Å². The molecule has 5 nitrogen and oxygen atoms in total. The van der Waals surface area contributed by atoms with E-state index in [4.69, 9.17) is 5.11 Å². The van der Waals surface area contributed by atoms with E-state index in [-0.39, 0.29) is 6.61 Å². The molecule has 2 rings (SSSR count). The molecule has 1 fully saturated rings. The Labute approximate surface area is 102 Å². The molecule has 0 atom stereocenters. The van der Waals surface area contributed by atoms with E-state index in [0.717, 1.165) is 23.6 Å². The predicted molar refractivity (Wildman–Crippen MR) is 68.4 cm³/mol. The third kappa shape index (κ3) is 2.49. The van der Waals surface area contributed by atoms with E-state index in [1.54, 1.807) is 6.33 Å². The average Bonchev–Trinajstić information content (AvgIpc) is 3.19. The molecule has 2 N–H and O–H groups in total. The fourth-order valence-corrected chi connectivity index (χ4v) is 2.15. The van der Waals surface area contributed by atoms with Crippen LogP contribution >= 0.6 is 0 Å². The van der Waals surface area contributed by atoms with Crippen LogP contribution in [0.1, 0.15) is 25.3 Å². The molecule has 0 saturated heterocycles. The van der Waals surface area contributed by atoms with Crippen LogP contribution in [0.2, 0.25) is 0 Å². The van der Waals surface area contributed by atoms with Gasteiger partial charge in [0.15, 0.2) is 0 Å². The minimum Gasteiger partial charge on any atom is -0.395 e. The lowest BCUT2D eigenvalue weighted by atomic mass is 10.2. The molecular weight excluding hydrogens is 216 g/mol. The van der Waals surface area contributed by atoms with E-state index in [1.807, 2.05) is 7.05 Å². The lowest BCUT2D eigenvalue weighted by Crippen LogP contribution is -2.31. The molecule has 0 aromatic carbocycles.